The molecule has 0 bridgehead atoms. The number of halogens is 1. The fourth-order valence-electron chi connectivity index (χ4n) is 1.86. The highest BCUT2D eigenvalue weighted by Crippen LogP contribution is 2.29. The Kier molecular flexibility index (Phi) is 3.74. The summed E-state index contributed by atoms with van der Waals surface area (Å²) in [5.74, 6) is 0.618. The van der Waals surface area contributed by atoms with Crippen molar-refractivity contribution >= 4 is 40.1 Å². The van der Waals surface area contributed by atoms with Gasteiger partial charge in [-0.25, -0.2) is 4.98 Å². The van der Waals surface area contributed by atoms with Gasteiger partial charge in [0.05, 0.1) is 11.6 Å². The number of nitrogens with zero attached hydrogens (tertiary/aromatic N) is 2. The van der Waals surface area contributed by atoms with Crippen molar-refractivity contribution in [3.8, 4) is 6.07 Å². The number of hydrogen-bond acceptors (Lipinski definition) is 5. The van der Waals surface area contributed by atoms with Gasteiger partial charge in [0.25, 0.3) is 5.22 Å². The summed E-state index contributed by atoms with van der Waals surface area (Å²) in [5.41, 5.74) is 9.28. The predicted octanol–water partition coefficient (Wildman–Crippen LogP) is 4.23. The molecule has 104 valence electrons. The van der Waals surface area contributed by atoms with Gasteiger partial charge in [0, 0.05) is 22.5 Å². The first kappa shape index (κ1) is 13.8. The van der Waals surface area contributed by atoms with Crippen molar-refractivity contribution < 1.29 is 4.42 Å². The van der Waals surface area contributed by atoms with Gasteiger partial charge in [0.1, 0.15) is 5.52 Å². The van der Waals surface area contributed by atoms with Crippen molar-refractivity contribution in [1.29, 1.82) is 5.26 Å². The molecule has 0 spiro atoms. The Morgan fingerprint density at radius 1 is 1.29 bits per heavy atom. The molecule has 1 aromatic heterocycles. The molecule has 21 heavy (non-hydrogen) atoms. The van der Waals surface area contributed by atoms with Crippen LogP contribution < -0.4 is 5.73 Å². The molecule has 4 nitrogen and oxygen atoms in total. The number of nitrogens with two attached hydrogens (primary N) is 1. The Balaban J connectivity index is 1.78. The molecule has 0 atom stereocenters. The fourth-order valence-corrected chi connectivity index (χ4v) is 3.02. The number of benzene rings is 2. The lowest BCUT2D eigenvalue weighted by molar-refractivity contribution is 0.489. The summed E-state index contributed by atoms with van der Waals surface area (Å²) in [4.78, 5) is 4.38. The minimum Gasteiger partial charge on any atom is -0.431 e. The van der Waals surface area contributed by atoms with Crippen LogP contribution in [0, 0.1) is 11.3 Å². The van der Waals surface area contributed by atoms with Gasteiger partial charge in [-0.1, -0.05) is 29.4 Å². The van der Waals surface area contributed by atoms with Gasteiger partial charge in [-0.15, -0.1) is 0 Å². The molecule has 2 aromatic carbocycles. The van der Waals surface area contributed by atoms with Crippen LogP contribution in [0.25, 0.3) is 11.1 Å². The Hall–Kier alpha value is -2.16. The predicted molar refractivity (Wildman–Crippen MR) is 84.1 cm³/mol. The number of rotatable bonds is 3. The number of hydrogen-bond donors (Lipinski definition) is 1. The van der Waals surface area contributed by atoms with Gasteiger partial charge in [-0.2, -0.15) is 5.26 Å². The Morgan fingerprint density at radius 3 is 2.90 bits per heavy atom. The van der Waals surface area contributed by atoms with Crippen molar-refractivity contribution in [2.45, 2.75) is 11.0 Å². The molecule has 0 fully saturated rings. The summed E-state index contributed by atoms with van der Waals surface area (Å²) >= 11 is 7.59. The van der Waals surface area contributed by atoms with Gasteiger partial charge in [-0.05, 0) is 29.8 Å². The summed E-state index contributed by atoms with van der Waals surface area (Å²) in [6.45, 7) is 0. The quantitative estimate of drug-likeness (QED) is 0.578. The van der Waals surface area contributed by atoms with E-state index in [4.69, 9.17) is 27.0 Å². The zero-order chi connectivity index (χ0) is 14.8. The molecule has 3 aromatic rings. The minimum atomic E-state index is 0.547. The highest BCUT2D eigenvalue weighted by Gasteiger charge is 2.09. The number of fused-ring (bicyclic) bond motifs is 1. The van der Waals surface area contributed by atoms with Crippen LogP contribution in [-0.4, -0.2) is 4.98 Å². The van der Waals surface area contributed by atoms with E-state index in [1.165, 1.54) is 11.8 Å². The van der Waals surface area contributed by atoms with Crippen molar-refractivity contribution in [2.24, 2.45) is 0 Å². The lowest BCUT2D eigenvalue weighted by Gasteiger charge is -2.02. The number of anilines is 1. The molecule has 0 amide bonds. The first-order valence-electron chi connectivity index (χ1n) is 6.13. The number of thioether (sulfide) groups is 1. The highest BCUT2D eigenvalue weighted by atomic mass is 35.5. The molecule has 0 saturated heterocycles. The smallest absolute Gasteiger partial charge is 0.257 e. The van der Waals surface area contributed by atoms with Crippen molar-refractivity contribution in [1.82, 2.24) is 4.98 Å². The molecule has 3 rings (SSSR count). The Morgan fingerprint density at radius 2 is 2.14 bits per heavy atom. The van der Waals surface area contributed by atoms with Crippen LogP contribution in [0.4, 0.5) is 5.69 Å². The van der Waals surface area contributed by atoms with Gasteiger partial charge in [-0.3, -0.25) is 0 Å². The van der Waals surface area contributed by atoms with Crippen LogP contribution in [0.15, 0.2) is 46.0 Å². The first-order chi connectivity index (χ1) is 10.2. The summed E-state index contributed by atoms with van der Waals surface area (Å²) in [5, 5.41) is 9.95. The zero-order valence-electron chi connectivity index (χ0n) is 10.8. The van der Waals surface area contributed by atoms with E-state index in [0.717, 1.165) is 11.1 Å². The maximum absolute atomic E-state index is 8.81. The van der Waals surface area contributed by atoms with Crippen LogP contribution in [0.5, 0.6) is 0 Å². The van der Waals surface area contributed by atoms with Gasteiger partial charge in [0.2, 0.25) is 0 Å². The molecular weight excluding hydrogens is 306 g/mol. The maximum atomic E-state index is 8.81. The third-order valence-corrected chi connectivity index (χ3v) is 4.15. The third kappa shape index (κ3) is 2.97. The van der Waals surface area contributed by atoms with Crippen LogP contribution in [0.1, 0.15) is 11.1 Å². The largest absolute Gasteiger partial charge is 0.431 e. The third-order valence-electron chi connectivity index (χ3n) is 2.93. The number of nitriles is 1. The van der Waals surface area contributed by atoms with E-state index in [1.807, 2.05) is 12.1 Å². The lowest BCUT2D eigenvalue weighted by Crippen LogP contribution is -1.84. The molecule has 2 N–H and O–H groups in total. The second-order valence-corrected chi connectivity index (χ2v) is 5.75. The highest BCUT2D eigenvalue weighted by molar-refractivity contribution is 7.98. The van der Waals surface area contributed by atoms with E-state index in [1.54, 1.807) is 24.3 Å². The molecule has 0 aliphatic rings. The second kappa shape index (κ2) is 5.68. The summed E-state index contributed by atoms with van der Waals surface area (Å²) in [6, 6.07) is 12.7. The van der Waals surface area contributed by atoms with Crippen molar-refractivity contribution in [3.05, 3.63) is 52.5 Å². The maximum Gasteiger partial charge on any atom is 0.257 e. The number of aromatic nitrogens is 1. The lowest BCUT2D eigenvalue weighted by atomic mass is 10.2. The SMILES string of the molecule is N#Cc1ccc(CSc2nc3ccc(N)cc3o2)c(Cl)c1. The van der Waals surface area contributed by atoms with Crippen LogP contribution in [-0.2, 0) is 5.75 Å². The molecular formula is C15H10ClN3OS. The topological polar surface area (TPSA) is 75.8 Å². The monoisotopic (exact) mass is 315 g/mol. The average molecular weight is 316 g/mol. The molecule has 0 unspecified atom stereocenters. The van der Waals surface area contributed by atoms with Gasteiger partial charge < -0.3 is 10.2 Å². The number of oxazole rings is 1. The summed E-state index contributed by atoms with van der Waals surface area (Å²) in [6.07, 6.45) is 0. The van der Waals surface area contributed by atoms with Gasteiger partial charge in [0.15, 0.2) is 5.58 Å². The van der Waals surface area contributed by atoms with Crippen LogP contribution in [0.3, 0.4) is 0 Å². The Labute approximate surface area is 130 Å². The molecule has 0 aliphatic heterocycles. The van der Waals surface area contributed by atoms with E-state index in [-0.39, 0.29) is 0 Å². The average Bonchev–Trinajstić information content (AvgIpc) is 2.87. The second-order valence-electron chi connectivity index (χ2n) is 4.41. The summed E-state index contributed by atoms with van der Waals surface area (Å²) in [7, 11) is 0. The fraction of sp³-hybridized carbons (Fsp3) is 0.0667. The van der Waals surface area contributed by atoms with Crippen molar-refractivity contribution in [3.63, 3.8) is 0 Å². The Bertz CT molecular complexity index is 854. The number of nitrogen functional groups attached to an aromatic ring is 1. The molecule has 0 saturated carbocycles. The van der Waals surface area contributed by atoms with E-state index < -0.39 is 0 Å². The summed E-state index contributed by atoms with van der Waals surface area (Å²) < 4.78 is 5.63. The molecule has 1 heterocycles. The standard InChI is InChI=1S/C15H10ClN3OS/c16-12-5-9(7-17)1-2-10(12)8-21-15-19-13-4-3-11(18)6-14(13)20-15/h1-6H,8,18H2. The van der Waals surface area contributed by atoms with E-state index in [2.05, 4.69) is 11.1 Å². The van der Waals surface area contributed by atoms with E-state index in [0.29, 0.717) is 32.8 Å². The van der Waals surface area contributed by atoms with Crippen LogP contribution in [0.2, 0.25) is 5.02 Å². The normalized spacial score (nSPS) is 10.7. The van der Waals surface area contributed by atoms with Gasteiger partial charge >= 0.3 is 0 Å². The first-order valence-corrected chi connectivity index (χ1v) is 7.49. The zero-order valence-corrected chi connectivity index (χ0v) is 12.4. The molecule has 0 aliphatic carbocycles. The van der Waals surface area contributed by atoms with Crippen molar-refractivity contribution in [2.75, 3.05) is 5.73 Å². The van der Waals surface area contributed by atoms with Crippen LogP contribution >= 0.6 is 23.4 Å². The van der Waals surface area contributed by atoms with E-state index >= 15 is 0 Å². The van der Waals surface area contributed by atoms with E-state index in [9.17, 15) is 0 Å². The molecule has 0 radical (unpaired) electrons. The minimum absolute atomic E-state index is 0.547. The molecule has 6 heteroatoms.